The Labute approximate surface area is 136 Å². The lowest BCUT2D eigenvalue weighted by Crippen LogP contribution is -2.30. The largest absolute Gasteiger partial charge is 0.378 e. The second kappa shape index (κ2) is 7.61. The van der Waals surface area contributed by atoms with E-state index >= 15 is 0 Å². The summed E-state index contributed by atoms with van der Waals surface area (Å²) in [5.41, 5.74) is 6.57. The number of unbranched alkanes of at least 4 members (excludes halogenated alkanes) is 2. The van der Waals surface area contributed by atoms with Crippen LogP contribution >= 0.6 is 27.9 Å². The van der Waals surface area contributed by atoms with Gasteiger partial charge in [-0.3, -0.25) is 14.5 Å². The summed E-state index contributed by atoms with van der Waals surface area (Å²) in [5, 5.41) is 0.510. The molecule has 7 heteroatoms. The van der Waals surface area contributed by atoms with Crippen molar-refractivity contribution in [1.82, 2.24) is 4.90 Å². The molecule has 0 unspecified atom stereocenters. The first-order valence-electron chi connectivity index (χ1n) is 6.67. The molecule has 1 heterocycles. The van der Waals surface area contributed by atoms with Gasteiger partial charge in [-0.1, -0.05) is 30.3 Å². The molecule has 0 fully saturated rings. The van der Waals surface area contributed by atoms with Gasteiger partial charge in [-0.15, -0.1) is 0 Å². The van der Waals surface area contributed by atoms with Gasteiger partial charge in [0.25, 0.3) is 11.8 Å². The second-order valence-corrected chi connectivity index (χ2v) is 6.11. The predicted octanol–water partition coefficient (Wildman–Crippen LogP) is 2.81. The Balaban J connectivity index is 1.76. The monoisotopic (exact) mass is 369 g/mol. The highest BCUT2D eigenvalue weighted by molar-refractivity contribution is 9.08. The Morgan fingerprint density at radius 2 is 1.76 bits per heavy atom. The van der Waals surface area contributed by atoms with E-state index in [1.807, 2.05) is 0 Å². The fraction of sp³-hybridized carbons (Fsp3) is 0.357. The first kappa shape index (κ1) is 16.0. The number of carbonyl (C=O) groups excluding carboxylic acids is 2. The van der Waals surface area contributed by atoms with Crippen LogP contribution in [-0.4, -0.2) is 34.2 Å². The third-order valence-corrected chi connectivity index (χ3v) is 4.73. The van der Waals surface area contributed by atoms with Crippen LogP contribution in [0.2, 0.25) is 0 Å². The molecule has 21 heavy (non-hydrogen) atoms. The maximum Gasteiger partial charge on any atom is 0.261 e. The molecule has 2 rings (SSSR count). The standard InChI is InChI=1S/C14H16BrN3O2S/c15-17-14(16)21-9-5-1-4-8-18-12(19)10-6-2-3-7-11(10)13(18)20/h2-3,6-7H,1,4-5,8-9H2,(H2,16,17). The molecule has 1 aromatic rings. The minimum atomic E-state index is -0.180. The summed E-state index contributed by atoms with van der Waals surface area (Å²) in [4.78, 5) is 25.6. The van der Waals surface area contributed by atoms with E-state index in [2.05, 4.69) is 20.2 Å². The van der Waals surface area contributed by atoms with Crippen molar-refractivity contribution in [3.63, 3.8) is 0 Å². The number of imide groups is 1. The number of nitrogens with zero attached hydrogens (tertiary/aromatic N) is 2. The summed E-state index contributed by atoms with van der Waals surface area (Å²) < 4.78 is 3.68. The van der Waals surface area contributed by atoms with Gasteiger partial charge in [-0.2, -0.15) is 4.02 Å². The molecule has 1 aliphatic heterocycles. The van der Waals surface area contributed by atoms with E-state index in [1.54, 1.807) is 24.3 Å². The summed E-state index contributed by atoms with van der Waals surface area (Å²) in [6.07, 6.45) is 2.71. The SMILES string of the molecule is N/C(=N/Br)SCCCCCN1C(=O)c2ccccc2C1=O. The van der Waals surface area contributed by atoms with Crippen LogP contribution in [0.25, 0.3) is 0 Å². The van der Waals surface area contributed by atoms with Gasteiger partial charge >= 0.3 is 0 Å². The molecule has 112 valence electrons. The van der Waals surface area contributed by atoms with Crippen molar-refractivity contribution in [3.05, 3.63) is 35.4 Å². The smallest absolute Gasteiger partial charge is 0.261 e. The number of benzene rings is 1. The molecular weight excluding hydrogens is 354 g/mol. The fourth-order valence-electron chi connectivity index (χ4n) is 2.19. The summed E-state index contributed by atoms with van der Waals surface area (Å²) >= 11 is 4.41. The van der Waals surface area contributed by atoms with E-state index in [0.29, 0.717) is 22.8 Å². The average Bonchev–Trinajstić information content (AvgIpc) is 2.75. The molecule has 0 aromatic heterocycles. The van der Waals surface area contributed by atoms with E-state index in [0.717, 1.165) is 25.0 Å². The third kappa shape index (κ3) is 3.85. The minimum Gasteiger partial charge on any atom is -0.378 e. The van der Waals surface area contributed by atoms with E-state index in [-0.39, 0.29) is 11.8 Å². The Bertz CT molecular complexity index is 542. The Morgan fingerprint density at radius 1 is 1.14 bits per heavy atom. The van der Waals surface area contributed by atoms with Crippen LogP contribution in [0.3, 0.4) is 0 Å². The maximum absolute atomic E-state index is 12.1. The molecule has 0 radical (unpaired) electrons. The summed E-state index contributed by atoms with van der Waals surface area (Å²) in [7, 11) is 0. The van der Waals surface area contributed by atoms with Crippen molar-refractivity contribution in [1.29, 1.82) is 0 Å². The molecule has 0 saturated heterocycles. The van der Waals surface area contributed by atoms with Gasteiger partial charge in [0.05, 0.1) is 27.3 Å². The number of rotatable bonds is 6. The molecule has 2 amide bonds. The highest BCUT2D eigenvalue weighted by Gasteiger charge is 2.34. The predicted molar refractivity (Wildman–Crippen MR) is 88.7 cm³/mol. The zero-order valence-electron chi connectivity index (χ0n) is 11.4. The van der Waals surface area contributed by atoms with Gasteiger partial charge < -0.3 is 5.73 Å². The van der Waals surface area contributed by atoms with Crippen LogP contribution in [0.5, 0.6) is 0 Å². The van der Waals surface area contributed by atoms with Crippen LogP contribution in [0, 0.1) is 0 Å². The van der Waals surface area contributed by atoms with Gasteiger partial charge in [-0.25, -0.2) is 0 Å². The first-order chi connectivity index (χ1) is 10.1. The lowest BCUT2D eigenvalue weighted by Gasteiger charge is -2.13. The molecule has 0 aliphatic carbocycles. The van der Waals surface area contributed by atoms with Crippen molar-refractivity contribution in [3.8, 4) is 0 Å². The van der Waals surface area contributed by atoms with Crippen molar-refractivity contribution < 1.29 is 9.59 Å². The van der Waals surface area contributed by atoms with Gasteiger partial charge in [0, 0.05) is 12.3 Å². The lowest BCUT2D eigenvalue weighted by molar-refractivity contribution is 0.0651. The topological polar surface area (TPSA) is 75.8 Å². The normalized spacial score (nSPS) is 14.7. The number of fused-ring (bicyclic) bond motifs is 1. The Kier molecular flexibility index (Phi) is 5.81. The van der Waals surface area contributed by atoms with Crippen LogP contribution in [0.15, 0.2) is 28.3 Å². The number of thioether (sulfide) groups is 1. The van der Waals surface area contributed by atoms with Gasteiger partial charge in [0.2, 0.25) is 0 Å². The quantitative estimate of drug-likeness (QED) is 0.362. The molecule has 0 spiro atoms. The van der Waals surface area contributed by atoms with Gasteiger partial charge in [0.1, 0.15) is 0 Å². The Morgan fingerprint density at radius 3 is 2.33 bits per heavy atom. The molecule has 0 bridgehead atoms. The number of hydrogen-bond donors (Lipinski definition) is 1. The molecule has 5 nitrogen and oxygen atoms in total. The molecule has 1 aliphatic rings. The highest BCUT2D eigenvalue weighted by atomic mass is 79.9. The fourth-order valence-corrected chi connectivity index (χ4v) is 3.11. The number of carbonyl (C=O) groups is 2. The number of nitrogens with two attached hydrogens (primary N) is 1. The first-order valence-corrected chi connectivity index (χ1v) is 8.37. The van der Waals surface area contributed by atoms with Crippen LogP contribution < -0.4 is 5.73 Å². The summed E-state index contributed by atoms with van der Waals surface area (Å²) in [5.74, 6) is 0.518. The van der Waals surface area contributed by atoms with Crippen molar-refractivity contribution >= 4 is 44.9 Å². The summed E-state index contributed by atoms with van der Waals surface area (Å²) in [6, 6.07) is 6.96. The number of amides is 2. The van der Waals surface area contributed by atoms with Crippen molar-refractivity contribution in [2.24, 2.45) is 9.75 Å². The number of halogens is 1. The highest BCUT2D eigenvalue weighted by Crippen LogP contribution is 2.22. The minimum absolute atomic E-state index is 0.180. The van der Waals surface area contributed by atoms with Crippen molar-refractivity contribution in [2.45, 2.75) is 19.3 Å². The van der Waals surface area contributed by atoms with Crippen LogP contribution in [-0.2, 0) is 0 Å². The average molecular weight is 370 g/mol. The second-order valence-electron chi connectivity index (χ2n) is 4.64. The van der Waals surface area contributed by atoms with E-state index < -0.39 is 0 Å². The van der Waals surface area contributed by atoms with E-state index in [1.165, 1.54) is 16.7 Å². The molecule has 2 N–H and O–H groups in total. The molecular formula is C14H16BrN3O2S. The molecule has 0 atom stereocenters. The molecule has 1 aromatic carbocycles. The maximum atomic E-state index is 12.1. The van der Waals surface area contributed by atoms with Gasteiger partial charge in [-0.05, 0) is 25.0 Å². The van der Waals surface area contributed by atoms with Gasteiger partial charge in [0.15, 0.2) is 5.17 Å². The van der Waals surface area contributed by atoms with E-state index in [9.17, 15) is 9.59 Å². The van der Waals surface area contributed by atoms with Crippen LogP contribution in [0.4, 0.5) is 0 Å². The van der Waals surface area contributed by atoms with Crippen molar-refractivity contribution in [2.75, 3.05) is 12.3 Å². The number of hydrogen-bond acceptors (Lipinski definition) is 4. The third-order valence-electron chi connectivity index (χ3n) is 3.24. The molecule has 0 saturated carbocycles. The Hall–Kier alpha value is -1.34. The van der Waals surface area contributed by atoms with E-state index in [4.69, 9.17) is 5.73 Å². The number of amidine groups is 1. The zero-order chi connectivity index (χ0) is 15.2. The summed E-state index contributed by atoms with van der Waals surface area (Å²) in [6.45, 7) is 0.471. The van der Waals surface area contributed by atoms with Crippen LogP contribution in [0.1, 0.15) is 40.0 Å². The lowest BCUT2D eigenvalue weighted by atomic mass is 10.1. The zero-order valence-corrected chi connectivity index (χ0v) is 13.8.